The van der Waals surface area contributed by atoms with Crippen LogP contribution in [-0.4, -0.2) is 51.4 Å². The Hall–Kier alpha value is -2.58. The van der Waals surface area contributed by atoms with Gasteiger partial charge in [-0.05, 0) is 18.6 Å². The molecule has 0 saturated carbocycles. The first kappa shape index (κ1) is 17.8. The number of carbonyl (C=O) groups is 2. The van der Waals surface area contributed by atoms with Crippen LogP contribution in [0.1, 0.15) is 6.42 Å². The molecule has 24 heavy (non-hydrogen) atoms. The summed E-state index contributed by atoms with van der Waals surface area (Å²) in [5.41, 5.74) is 0.558. The average Bonchev–Trinajstić information content (AvgIpc) is 3.00. The lowest BCUT2D eigenvalue weighted by Gasteiger charge is -2.22. The Kier molecular flexibility index (Phi) is 6.16. The first-order valence-electron chi connectivity index (χ1n) is 7.39. The number of para-hydroxylation sites is 2. The van der Waals surface area contributed by atoms with Crippen molar-refractivity contribution in [2.24, 2.45) is 0 Å². The number of alkyl carbamates (subject to hydrolysis) is 1. The van der Waals surface area contributed by atoms with Gasteiger partial charge in [0.2, 0.25) is 5.91 Å². The van der Waals surface area contributed by atoms with Crippen LogP contribution in [-0.2, 0) is 9.53 Å². The number of hydrogen-bond donors (Lipinski definition) is 2. The number of ether oxygens (including phenoxy) is 2. The van der Waals surface area contributed by atoms with Gasteiger partial charge in [-0.3, -0.25) is 4.79 Å². The Morgan fingerprint density at radius 3 is 2.83 bits per heavy atom. The fourth-order valence-corrected chi connectivity index (χ4v) is 2.51. The summed E-state index contributed by atoms with van der Waals surface area (Å²) >= 11 is 0. The molecule has 2 amide bonds. The number of benzene rings is 1. The largest absolute Gasteiger partial charge is 0.453 e. The molecule has 1 unspecified atom stereocenters. The van der Waals surface area contributed by atoms with Crippen molar-refractivity contribution in [2.75, 3.05) is 31.6 Å². The molecule has 0 aromatic heterocycles. The molecule has 0 aliphatic carbocycles. The third-order valence-electron chi connectivity index (χ3n) is 3.55. The molecule has 132 valence electrons. The standard InChI is InChI=1S/C15H19F2N3O4/c1-23-15(22)18-8-13(21)19-10-6-7-20(9-10)11-4-2-3-5-12(11)24-14(16)17/h2-5,10,14H,6-9H2,1H3,(H,18,22)(H,19,21). The molecule has 7 nitrogen and oxygen atoms in total. The summed E-state index contributed by atoms with van der Waals surface area (Å²) in [5, 5.41) is 5.07. The van der Waals surface area contributed by atoms with Crippen LogP contribution in [0.3, 0.4) is 0 Å². The molecular formula is C15H19F2N3O4. The highest BCUT2D eigenvalue weighted by atomic mass is 19.3. The Bertz CT molecular complexity index is 586. The van der Waals surface area contributed by atoms with Gasteiger partial charge < -0.3 is 25.0 Å². The molecule has 0 bridgehead atoms. The van der Waals surface area contributed by atoms with Gasteiger partial charge in [-0.25, -0.2) is 4.79 Å². The summed E-state index contributed by atoms with van der Waals surface area (Å²) in [6.07, 6.45) is -0.0243. The van der Waals surface area contributed by atoms with E-state index in [-0.39, 0.29) is 24.2 Å². The number of nitrogens with one attached hydrogen (secondary N) is 2. The maximum atomic E-state index is 12.5. The Labute approximate surface area is 137 Å². The molecule has 0 radical (unpaired) electrons. The highest BCUT2D eigenvalue weighted by Crippen LogP contribution is 2.31. The minimum Gasteiger partial charge on any atom is -0.453 e. The van der Waals surface area contributed by atoms with E-state index < -0.39 is 12.7 Å². The normalized spacial score (nSPS) is 16.8. The predicted octanol–water partition coefficient (Wildman–Crippen LogP) is 1.34. The fourth-order valence-electron chi connectivity index (χ4n) is 2.51. The molecule has 2 rings (SSSR count). The number of carbonyl (C=O) groups excluding carboxylic acids is 2. The zero-order valence-electron chi connectivity index (χ0n) is 13.1. The van der Waals surface area contributed by atoms with E-state index in [0.717, 1.165) is 0 Å². The average molecular weight is 343 g/mol. The number of amides is 2. The summed E-state index contributed by atoms with van der Waals surface area (Å²) in [6, 6.07) is 6.39. The van der Waals surface area contributed by atoms with E-state index >= 15 is 0 Å². The van der Waals surface area contributed by atoms with Gasteiger partial charge in [-0.1, -0.05) is 12.1 Å². The second kappa shape index (κ2) is 8.32. The van der Waals surface area contributed by atoms with E-state index in [1.165, 1.54) is 13.2 Å². The van der Waals surface area contributed by atoms with E-state index in [4.69, 9.17) is 0 Å². The summed E-state index contributed by atoms with van der Waals surface area (Å²) in [5.74, 6) is -0.240. The number of methoxy groups -OCH3 is 1. The second-order valence-electron chi connectivity index (χ2n) is 5.19. The van der Waals surface area contributed by atoms with E-state index in [1.54, 1.807) is 18.2 Å². The molecule has 1 atom stereocenters. The van der Waals surface area contributed by atoms with E-state index in [0.29, 0.717) is 25.2 Å². The van der Waals surface area contributed by atoms with Gasteiger partial charge in [0.05, 0.1) is 12.8 Å². The molecular weight excluding hydrogens is 324 g/mol. The Morgan fingerprint density at radius 2 is 2.12 bits per heavy atom. The van der Waals surface area contributed by atoms with Gasteiger partial charge in [0.25, 0.3) is 0 Å². The van der Waals surface area contributed by atoms with Gasteiger partial charge in [0.1, 0.15) is 12.3 Å². The quantitative estimate of drug-likeness (QED) is 0.815. The van der Waals surface area contributed by atoms with Crippen molar-refractivity contribution >= 4 is 17.7 Å². The van der Waals surface area contributed by atoms with Gasteiger partial charge in [0.15, 0.2) is 0 Å². The second-order valence-corrected chi connectivity index (χ2v) is 5.19. The van der Waals surface area contributed by atoms with Gasteiger partial charge in [0, 0.05) is 19.1 Å². The van der Waals surface area contributed by atoms with Crippen LogP contribution < -0.4 is 20.3 Å². The molecule has 0 spiro atoms. The van der Waals surface area contributed by atoms with Crippen LogP contribution in [0.2, 0.25) is 0 Å². The number of anilines is 1. The molecule has 9 heteroatoms. The van der Waals surface area contributed by atoms with Crippen molar-refractivity contribution in [3.8, 4) is 5.75 Å². The van der Waals surface area contributed by atoms with Crippen LogP contribution >= 0.6 is 0 Å². The lowest BCUT2D eigenvalue weighted by molar-refractivity contribution is -0.120. The predicted molar refractivity (Wildman–Crippen MR) is 82.2 cm³/mol. The van der Waals surface area contributed by atoms with Gasteiger partial charge >= 0.3 is 12.7 Å². The van der Waals surface area contributed by atoms with Crippen LogP contribution in [0.25, 0.3) is 0 Å². The van der Waals surface area contributed by atoms with Gasteiger partial charge in [-0.2, -0.15) is 8.78 Å². The molecule has 2 N–H and O–H groups in total. The summed E-state index contributed by atoms with van der Waals surface area (Å²) < 4.78 is 33.9. The third-order valence-corrected chi connectivity index (χ3v) is 3.55. The maximum absolute atomic E-state index is 12.5. The third kappa shape index (κ3) is 4.97. The highest BCUT2D eigenvalue weighted by Gasteiger charge is 2.26. The van der Waals surface area contributed by atoms with Crippen molar-refractivity contribution in [2.45, 2.75) is 19.1 Å². The molecule has 1 aliphatic heterocycles. The smallest absolute Gasteiger partial charge is 0.407 e. The zero-order chi connectivity index (χ0) is 17.5. The Balaban J connectivity index is 1.89. The SMILES string of the molecule is COC(=O)NCC(=O)NC1CCN(c2ccccc2OC(F)F)C1. The van der Waals surface area contributed by atoms with Crippen molar-refractivity contribution in [1.82, 2.24) is 10.6 Å². The van der Waals surface area contributed by atoms with Crippen LogP contribution in [0, 0.1) is 0 Å². The number of nitrogens with zero attached hydrogens (tertiary/aromatic N) is 1. The van der Waals surface area contributed by atoms with Crippen molar-refractivity contribution < 1.29 is 27.8 Å². The number of rotatable bonds is 6. The summed E-state index contributed by atoms with van der Waals surface area (Å²) in [4.78, 5) is 24.5. The minimum atomic E-state index is -2.89. The lowest BCUT2D eigenvalue weighted by atomic mass is 10.2. The van der Waals surface area contributed by atoms with Crippen LogP contribution in [0.5, 0.6) is 5.75 Å². The number of halogens is 2. The summed E-state index contributed by atoms with van der Waals surface area (Å²) in [7, 11) is 1.21. The first-order chi connectivity index (χ1) is 11.5. The van der Waals surface area contributed by atoms with Crippen LogP contribution in [0.15, 0.2) is 24.3 Å². The molecule has 1 fully saturated rings. The molecule has 1 aromatic rings. The van der Waals surface area contributed by atoms with E-state index in [2.05, 4.69) is 20.1 Å². The maximum Gasteiger partial charge on any atom is 0.407 e. The number of hydrogen-bond acceptors (Lipinski definition) is 5. The van der Waals surface area contributed by atoms with E-state index in [9.17, 15) is 18.4 Å². The summed E-state index contributed by atoms with van der Waals surface area (Å²) in [6.45, 7) is -2.02. The fraction of sp³-hybridized carbons (Fsp3) is 0.467. The van der Waals surface area contributed by atoms with Crippen molar-refractivity contribution in [1.29, 1.82) is 0 Å². The zero-order valence-corrected chi connectivity index (χ0v) is 13.1. The van der Waals surface area contributed by atoms with E-state index in [1.807, 2.05) is 4.90 Å². The first-order valence-corrected chi connectivity index (χ1v) is 7.39. The van der Waals surface area contributed by atoms with Crippen molar-refractivity contribution in [3.05, 3.63) is 24.3 Å². The van der Waals surface area contributed by atoms with Crippen molar-refractivity contribution in [3.63, 3.8) is 0 Å². The molecule has 1 saturated heterocycles. The Morgan fingerprint density at radius 1 is 1.38 bits per heavy atom. The molecule has 1 heterocycles. The lowest BCUT2D eigenvalue weighted by Crippen LogP contribution is -2.43. The number of alkyl halides is 2. The van der Waals surface area contributed by atoms with Crippen LogP contribution in [0.4, 0.5) is 19.3 Å². The minimum absolute atomic E-state index is 0.104. The molecule has 1 aliphatic rings. The molecule has 1 aromatic carbocycles. The topological polar surface area (TPSA) is 79.9 Å². The van der Waals surface area contributed by atoms with Gasteiger partial charge in [-0.15, -0.1) is 0 Å². The monoisotopic (exact) mass is 343 g/mol. The highest BCUT2D eigenvalue weighted by molar-refractivity contribution is 5.82.